The van der Waals surface area contributed by atoms with Crippen molar-refractivity contribution in [3.63, 3.8) is 0 Å². The van der Waals surface area contributed by atoms with E-state index in [1.165, 1.54) is 0 Å². The summed E-state index contributed by atoms with van der Waals surface area (Å²) in [5.41, 5.74) is 5.53. The summed E-state index contributed by atoms with van der Waals surface area (Å²) in [5, 5.41) is 6.88. The molecular formula is C25H26N6O4. The number of carbonyl (C=O) groups is 1. The van der Waals surface area contributed by atoms with Gasteiger partial charge in [-0.25, -0.2) is 0 Å². The minimum absolute atomic E-state index is 0.0459. The fourth-order valence-electron chi connectivity index (χ4n) is 4.07. The summed E-state index contributed by atoms with van der Waals surface area (Å²) >= 11 is 0. The molecular weight excluding hydrogens is 448 g/mol. The van der Waals surface area contributed by atoms with Crippen LogP contribution in [0.15, 0.2) is 36.5 Å². The van der Waals surface area contributed by atoms with Crippen molar-refractivity contribution in [1.29, 1.82) is 0 Å². The van der Waals surface area contributed by atoms with Crippen molar-refractivity contribution >= 4 is 28.6 Å². The van der Waals surface area contributed by atoms with E-state index in [1.807, 2.05) is 32.2 Å². The van der Waals surface area contributed by atoms with Gasteiger partial charge in [0, 0.05) is 28.7 Å². The number of aryl methyl sites for hydroxylation is 2. The molecule has 3 aromatic heterocycles. The van der Waals surface area contributed by atoms with Crippen molar-refractivity contribution < 1.29 is 19.0 Å². The third-order valence-corrected chi connectivity index (χ3v) is 5.77. The van der Waals surface area contributed by atoms with Crippen LogP contribution in [0.3, 0.4) is 0 Å². The number of aromatic nitrogens is 4. The molecule has 5 rings (SSSR count). The van der Waals surface area contributed by atoms with Crippen molar-refractivity contribution in [3.05, 3.63) is 53.5 Å². The van der Waals surface area contributed by atoms with Crippen LogP contribution in [-0.4, -0.2) is 59.3 Å². The van der Waals surface area contributed by atoms with Gasteiger partial charge < -0.3 is 29.8 Å². The van der Waals surface area contributed by atoms with Gasteiger partial charge in [-0.15, -0.1) is 0 Å². The number of fused-ring (bicyclic) bond motifs is 1. The van der Waals surface area contributed by atoms with Crippen LogP contribution in [0.4, 0.5) is 11.6 Å². The molecule has 180 valence electrons. The van der Waals surface area contributed by atoms with Crippen LogP contribution in [0, 0.1) is 13.8 Å². The van der Waals surface area contributed by atoms with Crippen LogP contribution in [0.1, 0.15) is 21.7 Å². The topological polar surface area (TPSA) is 123 Å². The number of nitrogens with zero attached hydrogens (tertiary/aromatic N) is 3. The van der Waals surface area contributed by atoms with Gasteiger partial charge in [-0.1, -0.05) is 0 Å². The summed E-state index contributed by atoms with van der Waals surface area (Å²) in [7, 11) is 3.12. The van der Waals surface area contributed by atoms with Gasteiger partial charge in [-0.2, -0.15) is 9.97 Å². The number of hydrogen-bond acceptors (Lipinski definition) is 8. The minimum atomic E-state index is -0.178. The lowest BCUT2D eigenvalue weighted by Gasteiger charge is -2.26. The molecule has 10 nitrogen and oxygen atoms in total. The largest absolute Gasteiger partial charge is 0.495 e. The van der Waals surface area contributed by atoms with Crippen LogP contribution in [0.5, 0.6) is 11.6 Å². The van der Waals surface area contributed by atoms with Crippen molar-refractivity contribution in [2.24, 2.45) is 0 Å². The number of nitrogens with one attached hydrogen (secondary N) is 3. The van der Waals surface area contributed by atoms with Gasteiger partial charge in [0.25, 0.3) is 5.91 Å². The van der Waals surface area contributed by atoms with E-state index in [4.69, 9.17) is 14.2 Å². The Morgan fingerprint density at radius 1 is 1.06 bits per heavy atom. The number of methoxy groups -OCH3 is 2. The van der Waals surface area contributed by atoms with Crippen molar-refractivity contribution in [2.45, 2.75) is 19.9 Å². The third kappa shape index (κ3) is 4.47. The monoisotopic (exact) mass is 474 g/mol. The standard InChI is InChI=1S/C25H26N6O4/c1-13-7-16(8-14(2)27-13)18-10-26-22-21(18)24(34-4)31-25(30-22)29-19-6-5-15(9-20(19)33-3)23(32)28-17-11-35-12-17/h5-10,17H,11-12H2,1-4H3,(H,28,32)(H2,26,29,30,31). The molecule has 1 saturated heterocycles. The van der Waals surface area contributed by atoms with Gasteiger partial charge in [0.05, 0.1) is 44.5 Å². The van der Waals surface area contributed by atoms with Crippen LogP contribution < -0.4 is 20.1 Å². The molecule has 10 heteroatoms. The first-order valence-electron chi connectivity index (χ1n) is 11.2. The summed E-state index contributed by atoms with van der Waals surface area (Å²) in [6.07, 6.45) is 1.89. The lowest BCUT2D eigenvalue weighted by atomic mass is 10.1. The molecule has 1 aliphatic heterocycles. The Bertz CT molecular complexity index is 1390. The second-order valence-electron chi connectivity index (χ2n) is 8.37. The highest BCUT2D eigenvalue weighted by molar-refractivity contribution is 5.98. The van der Waals surface area contributed by atoms with Crippen LogP contribution in [-0.2, 0) is 4.74 Å². The number of amides is 1. The van der Waals surface area contributed by atoms with E-state index in [1.54, 1.807) is 32.4 Å². The first kappa shape index (κ1) is 22.6. The van der Waals surface area contributed by atoms with Crippen LogP contribution >= 0.6 is 0 Å². The van der Waals surface area contributed by atoms with Gasteiger partial charge in [0.2, 0.25) is 11.8 Å². The minimum Gasteiger partial charge on any atom is -0.495 e. The average molecular weight is 475 g/mol. The number of carbonyl (C=O) groups excluding carboxylic acids is 1. The molecule has 0 aliphatic carbocycles. The van der Waals surface area contributed by atoms with Crippen molar-refractivity contribution in [2.75, 3.05) is 32.8 Å². The van der Waals surface area contributed by atoms with Gasteiger partial charge in [0.15, 0.2) is 0 Å². The molecule has 0 radical (unpaired) electrons. The number of pyridine rings is 1. The second kappa shape index (κ2) is 9.22. The molecule has 1 aromatic carbocycles. The normalized spacial score (nSPS) is 13.4. The third-order valence-electron chi connectivity index (χ3n) is 5.77. The van der Waals surface area contributed by atoms with E-state index >= 15 is 0 Å². The second-order valence-corrected chi connectivity index (χ2v) is 8.37. The first-order valence-corrected chi connectivity index (χ1v) is 11.2. The number of hydrogen-bond donors (Lipinski definition) is 3. The van der Waals surface area contributed by atoms with E-state index < -0.39 is 0 Å². The molecule has 4 aromatic rings. The van der Waals surface area contributed by atoms with E-state index in [9.17, 15) is 4.79 Å². The van der Waals surface area contributed by atoms with Crippen LogP contribution in [0.25, 0.3) is 22.2 Å². The Kier molecular flexibility index (Phi) is 5.96. The summed E-state index contributed by atoms with van der Waals surface area (Å²) < 4.78 is 16.2. The molecule has 1 fully saturated rings. The van der Waals surface area contributed by atoms with Gasteiger partial charge in [-0.05, 0) is 49.7 Å². The van der Waals surface area contributed by atoms with Gasteiger partial charge in [0.1, 0.15) is 11.4 Å². The summed E-state index contributed by atoms with van der Waals surface area (Å²) in [6.45, 7) is 4.99. The fourth-order valence-corrected chi connectivity index (χ4v) is 4.07. The molecule has 0 bridgehead atoms. The summed E-state index contributed by atoms with van der Waals surface area (Å²) in [5.74, 6) is 1.06. The molecule has 0 spiro atoms. The number of rotatable bonds is 7. The fraction of sp³-hybridized carbons (Fsp3) is 0.280. The van der Waals surface area contributed by atoms with E-state index in [0.29, 0.717) is 47.7 Å². The SMILES string of the molecule is COc1cc(C(=O)NC2COC2)ccc1Nc1nc(OC)c2c(-c3cc(C)nc(C)c3)c[nH]c2n1. The highest BCUT2D eigenvalue weighted by Gasteiger charge is 2.22. The number of anilines is 2. The molecule has 0 atom stereocenters. The first-order chi connectivity index (χ1) is 16.9. The smallest absolute Gasteiger partial charge is 0.251 e. The molecule has 4 heterocycles. The van der Waals surface area contributed by atoms with Gasteiger partial charge in [-0.3, -0.25) is 9.78 Å². The van der Waals surface area contributed by atoms with Gasteiger partial charge >= 0.3 is 0 Å². The quantitative estimate of drug-likeness (QED) is 0.372. The molecule has 0 saturated carbocycles. The zero-order valence-corrected chi connectivity index (χ0v) is 19.9. The molecule has 1 aliphatic rings. The zero-order valence-electron chi connectivity index (χ0n) is 19.9. The number of benzene rings is 1. The van der Waals surface area contributed by atoms with E-state index in [0.717, 1.165) is 27.9 Å². The molecule has 3 N–H and O–H groups in total. The summed E-state index contributed by atoms with van der Waals surface area (Å²) in [6, 6.07) is 9.23. The predicted octanol–water partition coefficient (Wildman–Crippen LogP) is 3.53. The zero-order chi connectivity index (χ0) is 24.5. The molecule has 0 unspecified atom stereocenters. The maximum Gasteiger partial charge on any atom is 0.251 e. The highest BCUT2D eigenvalue weighted by atomic mass is 16.5. The van der Waals surface area contributed by atoms with Crippen LogP contribution in [0.2, 0.25) is 0 Å². The average Bonchev–Trinajstić information content (AvgIpc) is 3.24. The highest BCUT2D eigenvalue weighted by Crippen LogP contribution is 2.36. The number of ether oxygens (including phenoxy) is 3. The number of H-pyrrole nitrogens is 1. The number of aromatic amines is 1. The lowest BCUT2D eigenvalue weighted by molar-refractivity contribution is -0.00346. The lowest BCUT2D eigenvalue weighted by Crippen LogP contribution is -2.48. The predicted molar refractivity (Wildman–Crippen MR) is 131 cm³/mol. The maximum absolute atomic E-state index is 12.5. The summed E-state index contributed by atoms with van der Waals surface area (Å²) in [4.78, 5) is 29.4. The Morgan fingerprint density at radius 3 is 2.49 bits per heavy atom. The molecule has 1 amide bonds. The van der Waals surface area contributed by atoms with Crippen molar-refractivity contribution in [1.82, 2.24) is 25.3 Å². The Balaban J connectivity index is 1.46. The maximum atomic E-state index is 12.5. The molecule has 35 heavy (non-hydrogen) atoms. The van der Waals surface area contributed by atoms with E-state index in [-0.39, 0.29) is 11.9 Å². The van der Waals surface area contributed by atoms with E-state index in [2.05, 4.69) is 30.6 Å². The Hall–Kier alpha value is -4.18. The Morgan fingerprint density at radius 2 is 1.83 bits per heavy atom. The Labute approximate surface area is 202 Å². The van der Waals surface area contributed by atoms with Crippen molar-refractivity contribution in [3.8, 4) is 22.8 Å².